The molecule has 1 aliphatic heterocycles. The highest BCUT2D eigenvalue weighted by Gasteiger charge is 2.25. The molecule has 1 aliphatic rings. The van der Waals surface area contributed by atoms with E-state index in [1.165, 1.54) is 6.33 Å². The third-order valence-corrected chi connectivity index (χ3v) is 1.90. The van der Waals surface area contributed by atoms with Gasteiger partial charge >= 0.3 is 0 Å². The smallest absolute Gasteiger partial charge is 0.149 e. The van der Waals surface area contributed by atoms with Crippen molar-refractivity contribution in [3.63, 3.8) is 0 Å². The maximum Gasteiger partial charge on any atom is 0.149 e. The second kappa shape index (κ2) is 2.30. The number of nitrogens with one attached hydrogen (secondary N) is 1. The molecule has 2 heterocycles. The molecule has 0 fully saturated rings. The summed E-state index contributed by atoms with van der Waals surface area (Å²) in [4.78, 5) is 7.50. The molecule has 0 bridgehead atoms. The van der Waals surface area contributed by atoms with Gasteiger partial charge in [-0.05, 0) is 0 Å². The number of rotatable bonds is 0. The largest absolute Gasteiger partial charge is 0.366 e. The maximum atomic E-state index is 13.0. The van der Waals surface area contributed by atoms with Gasteiger partial charge in [-0.3, -0.25) is 0 Å². The van der Waals surface area contributed by atoms with Gasteiger partial charge in [-0.2, -0.15) is 0 Å². The van der Waals surface area contributed by atoms with Crippen LogP contribution in [0.1, 0.15) is 11.7 Å². The molecular formula is C6H5ClFN3. The van der Waals surface area contributed by atoms with E-state index in [1.54, 1.807) is 0 Å². The number of anilines is 1. The van der Waals surface area contributed by atoms with E-state index in [4.69, 9.17) is 11.6 Å². The number of halogens is 2. The second-order valence-electron chi connectivity index (χ2n) is 2.28. The summed E-state index contributed by atoms with van der Waals surface area (Å²) < 4.78 is 13.0. The van der Waals surface area contributed by atoms with Crippen molar-refractivity contribution >= 4 is 17.4 Å². The molecule has 5 heteroatoms. The van der Waals surface area contributed by atoms with Gasteiger partial charge in [0, 0.05) is 0 Å². The first-order valence-corrected chi connectivity index (χ1v) is 3.55. The number of aromatic nitrogens is 2. The molecule has 0 saturated carbocycles. The molecule has 3 nitrogen and oxygen atoms in total. The summed E-state index contributed by atoms with van der Waals surface area (Å²) in [6.45, 7) is 0.244. The van der Waals surface area contributed by atoms with E-state index in [0.717, 1.165) is 0 Å². The van der Waals surface area contributed by atoms with Crippen molar-refractivity contribution < 1.29 is 4.39 Å². The highest BCUT2D eigenvalue weighted by molar-refractivity contribution is 6.30. The van der Waals surface area contributed by atoms with E-state index in [9.17, 15) is 4.39 Å². The van der Waals surface area contributed by atoms with Gasteiger partial charge in [-0.1, -0.05) is 11.6 Å². The van der Waals surface area contributed by atoms with E-state index in [2.05, 4.69) is 15.3 Å². The van der Waals surface area contributed by atoms with E-state index in [1.807, 2.05) is 0 Å². The Balaban J connectivity index is 2.58. The lowest BCUT2D eigenvalue weighted by molar-refractivity contribution is 0.373. The molecule has 1 atom stereocenters. The highest BCUT2D eigenvalue weighted by Crippen LogP contribution is 2.34. The van der Waals surface area contributed by atoms with Crippen LogP contribution in [-0.2, 0) is 0 Å². The summed E-state index contributed by atoms with van der Waals surface area (Å²) in [5.41, 5.74) is 0.383. The minimum atomic E-state index is -1.07. The second-order valence-corrected chi connectivity index (χ2v) is 2.63. The Labute approximate surface area is 67.6 Å². The lowest BCUT2D eigenvalue weighted by atomic mass is 10.2. The predicted molar refractivity (Wildman–Crippen MR) is 39.4 cm³/mol. The maximum absolute atomic E-state index is 13.0. The SMILES string of the molecule is FC1CNc2ncnc(Cl)c21. The van der Waals surface area contributed by atoms with Crippen LogP contribution in [0.3, 0.4) is 0 Å². The van der Waals surface area contributed by atoms with Crippen molar-refractivity contribution in [3.05, 3.63) is 17.0 Å². The van der Waals surface area contributed by atoms with Gasteiger partial charge in [0.1, 0.15) is 23.5 Å². The summed E-state index contributed by atoms with van der Waals surface area (Å²) in [6, 6.07) is 0. The summed E-state index contributed by atoms with van der Waals surface area (Å²) in [5, 5.41) is 2.98. The van der Waals surface area contributed by atoms with Gasteiger partial charge in [0.25, 0.3) is 0 Å². The standard InChI is InChI=1S/C6H5ClFN3/c7-5-4-3(8)1-9-6(4)11-2-10-5/h2-3H,1H2,(H,9,10,11). The fraction of sp³-hybridized carbons (Fsp3) is 0.333. The van der Waals surface area contributed by atoms with Gasteiger partial charge < -0.3 is 5.32 Å². The van der Waals surface area contributed by atoms with Gasteiger partial charge in [0.2, 0.25) is 0 Å². The Hall–Kier alpha value is -0.900. The van der Waals surface area contributed by atoms with Crippen molar-refractivity contribution in [1.82, 2.24) is 9.97 Å². The topological polar surface area (TPSA) is 37.8 Å². The van der Waals surface area contributed by atoms with E-state index >= 15 is 0 Å². The Bertz CT molecular complexity index is 291. The first kappa shape index (κ1) is 6.79. The van der Waals surface area contributed by atoms with Crippen LogP contribution in [0.2, 0.25) is 5.15 Å². The molecular weight excluding hydrogens is 169 g/mol. The van der Waals surface area contributed by atoms with E-state index in [-0.39, 0.29) is 11.7 Å². The molecule has 1 unspecified atom stereocenters. The average molecular weight is 174 g/mol. The zero-order chi connectivity index (χ0) is 7.84. The van der Waals surface area contributed by atoms with Crippen molar-refractivity contribution in [1.29, 1.82) is 0 Å². The summed E-state index contributed by atoms with van der Waals surface area (Å²) in [6.07, 6.45) is 0.241. The monoisotopic (exact) mass is 173 g/mol. The third kappa shape index (κ3) is 0.939. The van der Waals surface area contributed by atoms with E-state index in [0.29, 0.717) is 11.4 Å². The highest BCUT2D eigenvalue weighted by atomic mass is 35.5. The summed E-state index contributed by atoms with van der Waals surface area (Å²) >= 11 is 5.63. The number of nitrogens with zero attached hydrogens (tertiary/aromatic N) is 2. The Morgan fingerprint density at radius 2 is 2.45 bits per heavy atom. The van der Waals surface area contributed by atoms with E-state index < -0.39 is 6.17 Å². The fourth-order valence-electron chi connectivity index (χ4n) is 1.08. The van der Waals surface area contributed by atoms with Crippen LogP contribution in [0.15, 0.2) is 6.33 Å². The molecule has 1 aromatic rings. The van der Waals surface area contributed by atoms with Gasteiger partial charge in [-0.25, -0.2) is 14.4 Å². The molecule has 1 aromatic heterocycles. The normalized spacial score (nSPS) is 21.1. The number of fused-ring (bicyclic) bond motifs is 1. The quantitative estimate of drug-likeness (QED) is 0.606. The summed E-state index contributed by atoms with van der Waals surface area (Å²) in [5.74, 6) is 0.512. The Kier molecular flexibility index (Phi) is 1.42. The van der Waals surface area contributed by atoms with Crippen molar-refractivity contribution in [3.8, 4) is 0 Å². The van der Waals surface area contributed by atoms with Crippen LogP contribution in [0, 0.1) is 0 Å². The molecule has 1 N–H and O–H groups in total. The van der Waals surface area contributed by atoms with Crippen molar-refractivity contribution in [2.75, 3.05) is 11.9 Å². The minimum Gasteiger partial charge on any atom is -0.366 e. The van der Waals surface area contributed by atoms with Crippen LogP contribution >= 0.6 is 11.6 Å². The minimum absolute atomic E-state index is 0.201. The zero-order valence-electron chi connectivity index (χ0n) is 5.51. The van der Waals surface area contributed by atoms with Crippen LogP contribution in [0.4, 0.5) is 10.2 Å². The average Bonchev–Trinajstić information content (AvgIpc) is 2.34. The number of alkyl halides is 1. The van der Waals surface area contributed by atoms with Crippen LogP contribution < -0.4 is 5.32 Å². The molecule has 58 valence electrons. The first-order chi connectivity index (χ1) is 5.29. The predicted octanol–water partition coefficient (Wildman–Crippen LogP) is 1.57. The van der Waals surface area contributed by atoms with Crippen molar-refractivity contribution in [2.24, 2.45) is 0 Å². The van der Waals surface area contributed by atoms with Crippen LogP contribution in [0.25, 0.3) is 0 Å². The zero-order valence-corrected chi connectivity index (χ0v) is 6.27. The Morgan fingerprint density at radius 1 is 1.64 bits per heavy atom. The summed E-state index contributed by atoms with van der Waals surface area (Å²) in [7, 11) is 0. The molecule has 0 aromatic carbocycles. The van der Waals surface area contributed by atoms with Crippen LogP contribution in [-0.4, -0.2) is 16.5 Å². The number of hydrogen-bond donors (Lipinski definition) is 1. The lowest BCUT2D eigenvalue weighted by Gasteiger charge is -1.98. The van der Waals surface area contributed by atoms with Crippen molar-refractivity contribution in [2.45, 2.75) is 6.17 Å². The fourth-order valence-corrected chi connectivity index (χ4v) is 1.33. The molecule has 11 heavy (non-hydrogen) atoms. The first-order valence-electron chi connectivity index (χ1n) is 3.17. The number of hydrogen-bond acceptors (Lipinski definition) is 3. The van der Waals surface area contributed by atoms with Crippen LogP contribution in [0.5, 0.6) is 0 Å². The molecule has 0 aliphatic carbocycles. The third-order valence-electron chi connectivity index (χ3n) is 1.60. The molecule has 0 saturated heterocycles. The lowest BCUT2D eigenvalue weighted by Crippen LogP contribution is -1.95. The van der Waals surface area contributed by atoms with Gasteiger partial charge in [0.05, 0.1) is 12.1 Å². The van der Waals surface area contributed by atoms with Gasteiger partial charge in [-0.15, -0.1) is 0 Å². The Morgan fingerprint density at radius 3 is 3.18 bits per heavy atom. The molecule has 2 rings (SSSR count). The van der Waals surface area contributed by atoms with Gasteiger partial charge in [0.15, 0.2) is 0 Å². The molecule has 0 amide bonds. The molecule has 0 spiro atoms. The molecule has 0 radical (unpaired) electrons.